The Bertz CT molecular complexity index is 1340. The molecule has 5 rings (SSSR count). The summed E-state index contributed by atoms with van der Waals surface area (Å²) in [7, 11) is 1.62. The van der Waals surface area contributed by atoms with Crippen LogP contribution in [0, 0.1) is 0 Å². The van der Waals surface area contributed by atoms with Crippen molar-refractivity contribution in [2.75, 3.05) is 13.7 Å². The lowest BCUT2D eigenvalue weighted by Gasteiger charge is -2.18. The van der Waals surface area contributed by atoms with E-state index in [9.17, 15) is 4.79 Å². The zero-order chi connectivity index (χ0) is 22.8. The van der Waals surface area contributed by atoms with Crippen molar-refractivity contribution in [3.05, 3.63) is 100 Å². The first-order valence-corrected chi connectivity index (χ1v) is 10.9. The Morgan fingerprint density at radius 2 is 1.79 bits per heavy atom. The Kier molecular flexibility index (Phi) is 5.67. The maximum absolute atomic E-state index is 13.3. The summed E-state index contributed by atoms with van der Waals surface area (Å²) >= 11 is 5.99. The van der Waals surface area contributed by atoms with Crippen molar-refractivity contribution in [2.24, 2.45) is 4.99 Å². The minimum atomic E-state index is -0.146. The van der Waals surface area contributed by atoms with Crippen molar-refractivity contribution < 1.29 is 9.53 Å². The van der Waals surface area contributed by atoms with Gasteiger partial charge in [-0.15, -0.1) is 0 Å². The van der Waals surface area contributed by atoms with E-state index in [-0.39, 0.29) is 5.91 Å². The number of rotatable bonds is 6. The summed E-state index contributed by atoms with van der Waals surface area (Å²) in [6.07, 6.45) is 2.35. The number of hydrogen-bond acceptors (Lipinski definition) is 4. The van der Waals surface area contributed by atoms with E-state index in [0.717, 1.165) is 33.7 Å². The van der Waals surface area contributed by atoms with E-state index < -0.39 is 0 Å². The van der Waals surface area contributed by atoms with Crippen LogP contribution in [0.5, 0.6) is 5.75 Å². The predicted octanol–water partition coefficient (Wildman–Crippen LogP) is 5.10. The molecular weight excluding hydrogens is 436 g/mol. The summed E-state index contributed by atoms with van der Waals surface area (Å²) in [4.78, 5) is 27.7. The summed E-state index contributed by atoms with van der Waals surface area (Å²) < 4.78 is 5.27. The number of para-hydroxylation sites is 2. The Hall–Kier alpha value is -3.90. The van der Waals surface area contributed by atoms with Crippen LogP contribution < -0.4 is 4.74 Å². The molecule has 7 heteroatoms. The number of imidazole rings is 1. The first kappa shape index (κ1) is 21.0. The van der Waals surface area contributed by atoms with Gasteiger partial charge >= 0.3 is 0 Å². The van der Waals surface area contributed by atoms with E-state index in [1.165, 1.54) is 0 Å². The molecule has 0 bridgehead atoms. The molecule has 0 saturated carbocycles. The minimum absolute atomic E-state index is 0.146. The highest BCUT2D eigenvalue weighted by Crippen LogP contribution is 2.24. The van der Waals surface area contributed by atoms with Crippen LogP contribution in [0.3, 0.4) is 0 Å². The lowest BCUT2D eigenvalue weighted by molar-refractivity contribution is -0.122. The fraction of sp³-hybridized carbons (Fsp3) is 0.115. The van der Waals surface area contributed by atoms with Gasteiger partial charge in [0.2, 0.25) is 0 Å². The number of hydrogen-bond donors (Lipinski definition) is 1. The van der Waals surface area contributed by atoms with Gasteiger partial charge in [0.1, 0.15) is 23.1 Å². The van der Waals surface area contributed by atoms with Gasteiger partial charge in [0.05, 0.1) is 18.1 Å². The normalized spacial score (nSPS) is 14.8. The standard InChI is InChI=1S/C26H21ClN4O2/c1-33-20-12-8-18(9-13-20)25-30-23(16-17-6-10-19(27)11-7-17)26(32)31(25)15-14-24-28-21-4-2-3-5-22(21)29-24/h2-13,16H,14-15H2,1H3,(H,28,29)/b23-16-. The van der Waals surface area contributed by atoms with Crippen molar-refractivity contribution in [2.45, 2.75) is 6.42 Å². The Morgan fingerprint density at radius 1 is 1.03 bits per heavy atom. The van der Waals surface area contributed by atoms with E-state index in [2.05, 4.69) is 9.97 Å². The summed E-state index contributed by atoms with van der Waals surface area (Å²) in [5.41, 5.74) is 3.97. The molecule has 1 aromatic heterocycles. The molecule has 2 heterocycles. The molecule has 1 N–H and O–H groups in total. The van der Waals surface area contributed by atoms with Crippen LogP contribution in [0.25, 0.3) is 17.1 Å². The number of H-pyrrole nitrogens is 1. The molecule has 4 aromatic rings. The number of amides is 1. The van der Waals surface area contributed by atoms with Crippen molar-refractivity contribution in [3.63, 3.8) is 0 Å². The largest absolute Gasteiger partial charge is 0.497 e. The molecule has 0 fully saturated rings. The molecule has 0 radical (unpaired) electrons. The minimum Gasteiger partial charge on any atom is -0.497 e. The maximum atomic E-state index is 13.3. The molecule has 6 nitrogen and oxygen atoms in total. The SMILES string of the molecule is COc1ccc(C2=N/C(=C\c3ccc(Cl)cc3)C(=O)N2CCc2nc3ccccc3[nH]2)cc1. The van der Waals surface area contributed by atoms with Crippen molar-refractivity contribution in [1.82, 2.24) is 14.9 Å². The second-order valence-electron chi connectivity index (χ2n) is 7.65. The maximum Gasteiger partial charge on any atom is 0.278 e. The molecule has 1 amide bonds. The van der Waals surface area contributed by atoms with Crippen LogP contribution >= 0.6 is 11.6 Å². The molecule has 0 aliphatic carbocycles. The number of nitrogens with one attached hydrogen (secondary N) is 1. The monoisotopic (exact) mass is 456 g/mol. The lowest BCUT2D eigenvalue weighted by atomic mass is 10.1. The zero-order valence-corrected chi connectivity index (χ0v) is 18.7. The number of aliphatic imine (C=N–C) groups is 1. The third kappa shape index (κ3) is 4.38. The van der Waals surface area contributed by atoms with Crippen molar-refractivity contribution >= 4 is 40.5 Å². The topological polar surface area (TPSA) is 70.6 Å². The average Bonchev–Trinajstić information content (AvgIpc) is 3.40. The number of nitrogens with zero attached hydrogens (tertiary/aromatic N) is 3. The Balaban J connectivity index is 1.45. The number of aromatic amines is 1. The van der Waals surface area contributed by atoms with Gasteiger partial charge in [-0.1, -0.05) is 35.9 Å². The Morgan fingerprint density at radius 3 is 2.52 bits per heavy atom. The molecule has 1 aliphatic heterocycles. The van der Waals surface area contributed by atoms with Gasteiger partial charge in [-0.05, 0) is 60.2 Å². The van der Waals surface area contributed by atoms with Gasteiger partial charge in [0, 0.05) is 23.6 Å². The smallest absolute Gasteiger partial charge is 0.278 e. The molecule has 33 heavy (non-hydrogen) atoms. The van der Waals surface area contributed by atoms with Gasteiger partial charge in [-0.25, -0.2) is 9.98 Å². The molecule has 1 aliphatic rings. The number of amidine groups is 1. The molecule has 0 spiro atoms. The third-order valence-corrected chi connectivity index (χ3v) is 5.73. The summed E-state index contributed by atoms with van der Waals surface area (Å²) in [6, 6.07) is 22.7. The quantitative estimate of drug-likeness (QED) is 0.410. The number of carbonyl (C=O) groups is 1. The van der Waals surface area contributed by atoms with E-state index in [4.69, 9.17) is 21.3 Å². The van der Waals surface area contributed by atoms with E-state index >= 15 is 0 Å². The number of halogens is 1. The van der Waals surface area contributed by atoms with Gasteiger partial charge in [-0.2, -0.15) is 0 Å². The van der Waals surface area contributed by atoms with Crippen LogP contribution in [0.4, 0.5) is 0 Å². The van der Waals surface area contributed by atoms with Gasteiger partial charge in [0.15, 0.2) is 0 Å². The number of methoxy groups -OCH3 is 1. The third-order valence-electron chi connectivity index (χ3n) is 5.48. The highest BCUT2D eigenvalue weighted by atomic mass is 35.5. The average molecular weight is 457 g/mol. The lowest BCUT2D eigenvalue weighted by Crippen LogP contribution is -2.34. The summed E-state index contributed by atoms with van der Waals surface area (Å²) in [5, 5.41) is 0.643. The van der Waals surface area contributed by atoms with Gasteiger partial charge in [-0.3, -0.25) is 9.69 Å². The van der Waals surface area contributed by atoms with Gasteiger partial charge in [0.25, 0.3) is 5.91 Å². The number of fused-ring (bicyclic) bond motifs is 1. The number of benzene rings is 3. The molecule has 0 saturated heterocycles. The van der Waals surface area contributed by atoms with Crippen LogP contribution in [-0.2, 0) is 11.2 Å². The molecule has 0 atom stereocenters. The zero-order valence-electron chi connectivity index (χ0n) is 18.0. The summed E-state index contributed by atoms with van der Waals surface area (Å²) in [6.45, 7) is 0.446. The Labute approximate surface area is 196 Å². The van der Waals surface area contributed by atoms with Crippen LogP contribution in [-0.4, -0.2) is 40.3 Å². The number of ether oxygens (including phenoxy) is 1. The van der Waals surface area contributed by atoms with Crippen LogP contribution in [0.2, 0.25) is 5.02 Å². The fourth-order valence-corrected chi connectivity index (χ4v) is 3.90. The highest BCUT2D eigenvalue weighted by molar-refractivity contribution is 6.30. The second-order valence-corrected chi connectivity index (χ2v) is 8.09. The van der Waals surface area contributed by atoms with Crippen LogP contribution in [0.15, 0.2) is 83.5 Å². The first-order valence-electron chi connectivity index (χ1n) is 10.6. The first-order chi connectivity index (χ1) is 16.1. The predicted molar refractivity (Wildman–Crippen MR) is 130 cm³/mol. The van der Waals surface area contributed by atoms with Crippen molar-refractivity contribution in [1.29, 1.82) is 0 Å². The molecule has 0 unspecified atom stereocenters. The fourth-order valence-electron chi connectivity index (χ4n) is 3.78. The van der Waals surface area contributed by atoms with E-state index in [1.807, 2.05) is 60.7 Å². The molecule has 164 valence electrons. The van der Waals surface area contributed by atoms with E-state index in [0.29, 0.717) is 29.5 Å². The van der Waals surface area contributed by atoms with Gasteiger partial charge < -0.3 is 9.72 Å². The summed E-state index contributed by atoms with van der Waals surface area (Å²) in [5.74, 6) is 2.04. The van der Waals surface area contributed by atoms with Crippen LogP contribution in [0.1, 0.15) is 17.0 Å². The number of carbonyl (C=O) groups excluding carboxylic acids is 1. The number of aromatic nitrogens is 2. The van der Waals surface area contributed by atoms with Crippen molar-refractivity contribution in [3.8, 4) is 5.75 Å². The second kappa shape index (κ2) is 8.92. The van der Waals surface area contributed by atoms with E-state index in [1.54, 1.807) is 30.2 Å². The highest BCUT2D eigenvalue weighted by Gasteiger charge is 2.31. The molecular formula is C26H21ClN4O2. The molecule has 3 aromatic carbocycles.